The van der Waals surface area contributed by atoms with E-state index in [1.807, 2.05) is 6.07 Å². The average molecular weight is 286 g/mol. The van der Waals surface area contributed by atoms with Gasteiger partial charge in [-0.05, 0) is 17.7 Å². The van der Waals surface area contributed by atoms with E-state index in [0.29, 0.717) is 6.54 Å². The first-order valence-corrected chi connectivity index (χ1v) is 6.28. The number of H-pyrrole nitrogens is 1. The maximum atomic E-state index is 11.7. The second kappa shape index (κ2) is 6.99. The lowest BCUT2D eigenvalue weighted by Crippen LogP contribution is -2.36. The summed E-state index contributed by atoms with van der Waals surface area (Å²) in [4.78, 5) is 40.5. The van der Waals surface area contributed by atoms with Gasteiger partial charge in [0.15, 0.2) is 0 Å². The maximum Gasteiger partial charge on any atom is 0.253 e. The van der Waals surface area contributed by atoms with Gasteiger partial charge in [-0.1, -0.05) is 6.07 Å². The molecule has 0 fully saturated rings. The van der Waals surface area contributed by atoms with Gasteiger partial charge in [0.25, 0.3) is 5.91 Å². The minimum Gasteiger partial charge on any atom is -0.350 e. The monoisotopic (exact) mass is 286 g/mol. The molecule has 0 aliphatic rings. The Balaban J connectivity index is 1.77. The van der Waals surface area contributed by atoms with E-state index in [9.17, 15) is 14.4 Å². The Bertz CT molecular complexity index is 662. The number of carbonyl (C=O) groups excluding carboxylic acids is 2. The number of nitrogens with one attached hydrogen (secondary N) is 3. The van der Waals surface area contributed by atoms with E-state index in [0.717, 1.165) is 5.56 Å². The first-order chi connectivity index (χ1) is 10.1. The molecule has 2 heterocycles. The number of nitrogens with zero attached hydrogens (tertiary/aromatic N) is 1. The number of pyridine rings is 2. The maximum absolute atomic E-state index is 11.7. The fourth-order valence-electron chi connectivity index (χ4n) is 1.58. The van der Waals surface area contributed by atoms with E-state index in [4.69, 9.17) is 0 Å². The Morgan fingerprint density at radius 1 is 1.19 bits per heavy atom. The second-order valence-electron chi connectivity index (χ2n) is 4.26. The predicted molar refractivity (Wildman–Crippen MR) is 75.5 cm³/mol. The van der Waals surface area contributed by atoms with Gasteiger partial charge in [0, 0.05) is 31.2 Å². The van der Waals surface area contributed by atoms with E-state index >= 15 is 0 Å². The van der Waals surface area contributed by atoms with Gasteiger partial charge < -0.3 is 15.6 Å². The number of aromatic amines is 1. The van der Waals surface area contributed by atoms with E-state index in [1.165, 1.54) is 18.3 Å². The van der Waals surface area contributed by atoms with Crippen molar-refractivity contribution in [2.24, 2.45) is 0 Å². The van der Waals surface area contributed by atoms with Gasteiger partial charge in [-0.15, -0.1) is 0 Å². The topological polar surface area (TPSA) is 104 Å². The van der Waals surface area contributed by atoms with E-state index in [-0.39, 0.29) is 23.6 Å². The van der Waals surface area contributed by atoms with Crippen molar-refractivity contribution >= 4 is 11.8 Å². The summed E-state index contributed by atoms with van der Waals surface area (Å²) in [6.07, 6.45) is 4.60. The van der Waals surface area contributed by atoms with Crippen LogP contribution in [0, 0.1) is 0 Å². The summed E-state index contributed by atoms with van der Waals surface area (Å²) in [6.45, 7) is 0.208. The van der Waals surface area contributed by atoms with Crippen LogP contribution in [-0.2, 0) is 11.3 Å². The second-order valence-corrected chi connectivity index (χ2v) is 4.26. The Labute approximate surface area is 120 Å². The summed E-state index contributed by atoms with van der Waals surface area (Å²) < 4.78 is 0. The standard InChI is InChI=1S/C14H14N4O3/c19-12-4-3-11(8-17-12)14(21)18-9-13(20)16-7-10-2-1-5-15-6-10/h1-6,8H,7,9H2,(H,16,20)(H,17,19)(H,18,21). The number of rotatable bonds is 5. The van der Waals surface area contributed by atoms with Crippen molar-refractivity contribution in [1.82, 2.24) is 20.6 Å². The molecule has 2 aromatic heterocycles. The molecule has 0 saturated heterocycles. The van der Waals surface area contributed by atoms with Crippen molar-refractivity contribution in [2.45, 2.75) is 6.54 Å². The fourth-order valence-corrected chi connectivity index (χ4v) is 1.58. The highest BCUT2D eigenvalue weighted by Gasteiger charge is 2.07. The van der Waals surface area contributed by atoms with Crippen LogP contribution in [0.25, 0.3) is 0 Å². The van der Waals surface area contributed by atoms with Crippen LogP contribution in [-0.4, -0.2) is 28.3 Å². The summed E-state index contributed by atoms with van der Waals surface area (Å²) >= 11 is 0. The molecular formula is C14H14N4O3. The number of hydrogen-bond acceptors (Lipinski definition) is 4. The molecule has 0 aromatic carbocycles. The van der Waals surface area contributed by atoms with E-state index < -0.39 is 5.91 Å². The SMILES string of the molecule is O=C(CNC(=O)c1ccc(=O)[nH]c1)NCc1cccnc1. The molecule has 0 bridgehead atoms. The first kappa shape index (κ1) is 14.4. The van der Waals surface area contributed by atoms with Crippen molar-refractivity contribution in [3.63, 3.8) is 0 Å². The van der Waals surface area contributed by atoms with Gasteiger partial charge in [-0.2, -0.15) is 0 Å². The zero-order valence-electron chi connectivity index (χ0n) is 11.1. The largest absolute Gasteiger partial charge is 0.350 e. The predicted octanol–water partition coefficient (Wildman–Crippen LogP) is -0.184. The van der Waals surface area contributed by atoms with Crippen LogP contribution in [0.3, 0.4) is 0 Å². The molecule has 2 aromatic rings. The summed E-state index contributed by atoms with van der Waals surface area (Å²) in [7, 11) is 0. The smallest absolute Gasteiger partial charge is 0.253 e. The highest BCUT2D eigenvalue weighted by Crippen LogP contribution is 1.94. The van der Waals surface area contributed by atoms with Gasteiger partial charge in [0.05, 0.1) is 12.1 Å². The van der Waals surface area contributed by atoms with Gasteiger partial charge in [-0.3, -0.25) is 19.4 Å². The molecule has 7 nitrogen and oxygen atoms in total. The Morgan fingerprint density at radius 2 is 2.05 bits per heavy atom. The molecule has 21 heavy (non-hydrogen) atoms. The van der Waals surface area contributed by atoms with Crippen LogP contribution in [0.4, 0.5) is 0 Å². The van der Waals surface area contributed by atoms with Crippen LogP contribution in [0.5, 0.6) is 0 Å². The number of aromatic nitrogens is 2. The molecule has 0 spiro atoms. The lowest BCUT2D eigenvalue weighted by molar-refractivity contribution is -0.120. The Hall–Kier alpha value is -2.96. The van der Waals surface area contributed by atoms with Crippen LogP contribution in [0.1, 0.15) is 15.9 Å². The van der Waals surface area contributed by atoms with E-state index in [2.05, 4.69) is 20.6 Å². The zero-order valence-corrected chi connectivity index (χ0v) is 11.1. The minimum atomic E-state index is -0.428. The van der Waals surface area contributed by atoms with Crippen LogP contribution in [0.15, 0.2) is 47.7 Å². The number of carbonyl (C=O) groups is 2. The molecule has 0 unspecified atom stereocenters. The highest BCUT2D eigenvalue weighted by molar-refractivity contribution is 5.96. The van der Waals surface area contributed by atoms with Gasteiger partial charge >= 0.3 is 0 Å². The third-order valence-corrected chi connectivity index (χ3v) is 2.67. The number of hydrogen-bond donors (Lipinski definition) is 3. The molecule has 0 aliphatic heterocycles. The lowest BCUT2D eigenvalue weighted by atomic mass is 10.2. The van der Waals surface area contributed by atoms with Gasteiger partial charge in [0.2, 0.25) is 11.5 Å². The molecule has 108 valence electrons. The Morgan fingerprint density at radius 3 is 2.71 bits per heavy atom. The van der Waals surface area contributed by atoms with Crippen LogP contribution >= 0.6 is 0 Å². The molecule has 3 N–H and O–H groups in total. The highest BCUT2D eigenvalue weighted by atomic mass is 16.2. The van der Waals surface area contributed by atoms with Crippen LogP contribution in [0.2, 0.25) is 0 Å². The summed E-state index contributed by atoms with van der Waals surface area (Å²) in [5.74, 6) is -0.737. The van der Waals surface area contributed by atoms with E-state index in [1.54, 1.807) is 18.5 Å². The quantitative estimate of drug-likeness (QED) is 0.709. The molecular weight excluding hydrogens is 272 g/mol. The average Bonchev–Trinajstić information content (AvgIpc) is 2.52. The summed E-state index contributed by atoms with van der Waals surface area (Å²) in [5, 5.41) is 5.13. The molecule has 0 aliphatic carbocycles. The third kappa shape index (κ3) is 4.57. The third-order valence-electron chi connectivity index (χ3n) is 2.67. The van der Waals surface area contributed by atoms with Crippen molar-refractivity contribution in [3.8, 4) is 0 Å². The molecule has 7 heteroatoms. The Kier molecular flexibility index (Phi) is 4.81. The summed E-state index contributed by atoms with van der Waals surface area (Å²) in [6, 6.07) is 6.25. The zero-order chi connectivity index (χ0) is 15.1. The molecule has 0 radical (unpaired) electrons. The van der Waals surface area contributed by atoms with Crippen molar-refractivity contribution in [1.29, 1.82) is 0 Å². The fraction of sp³-hybridized carbons (Fsp3) is 0.143. The van der Waals surface area contributed by atoms with Crippen molar-refractivity contribution in [3.05, 3.63) is 64.3 Å². The summed E-state index contributed by atoms with van der Waals surface area (Å²) in [5.41, 5.74) is 0.869. The van der Waals surface area contributed by atoms with Crippen LogP contribution < -0.4 is 16.2 Å². The molecule has 2 amide bonds. The van der Waals surface area contributed by atoms with Gasteiger partial charge in [0.1, 0.15) is 0 Å². The molecule has 0 atom stereocenters. The molecule has 0 saturated carbocycles. The molecule has 2 rings (SSSR count). The van der Waals surface area contributed by atoms with Crippen molar-refractivity contribution < 1.29 is 9.59 Å². The number of amides is 2. The van der Waals surface area contributed by atoms with Gasteiger partial charge in [-0.25, -0.2) is 0 Å². The lowest BCUT2D eigenvalue weighted by Gasteiger charge is -2.06. The van der Waals surface area contributed by atoms with Crippen molar-refractivity contribution in [2.75, 3.05) is 6.54 Å². The first-order valence-electron chi connectivity index (χ1n) is 6.28. The normalized spacial score (nSPS) is 9.90. The minimum absolute atomic E-state index is 0.141.